The number of fused-ring (bicyclic) bond motifs is 1. The molecule has 0 aliphatic carbocycles. The molecular formula is C23H18BrN3O2. The number of amides is 1. The molecule has 3 N–H and O–H groups in total. The molecule has 2 aromatic heterocycles. The first kappa shape index (κ1) is 19.0. The van der Waals surface area contributed by atoms with E-state index in [-0.39, 0.29) is 28.6 Å². The van der Waals surface area contributed by atoms with Gasteiger partial charge in [0.15, 0.2) is 0 Å². The molecule has 0 saturated carbocycles. The lowest BCUT2D eigenvalue weighted by Crippen LogP contribution is -2.14. The van der Waals surface area contributed by atoms with E-state index in [9.17, 15) is 9.59 Å². The van der Waals surface area contributed by atoms with Gasteiger partial charge in [-0.2, -0.15) is 0 Å². The van der Waals surface area contributed by atoms with E-state index in [0.29, 0.717) is 16.8 Å². The van der Waals surface area contributed by atoms with Gasteiger partial charge in [0, 0.05) is 21.9 Å². The van der Waals surface area contributed by atoms with Gasteiger partial charge in [-0.15, -0.1) is 0 Å². The number of carbonyl (C=O) groups excluding carboxylic acids is 2. The molecule has 4 rings (SSSR count). The number of ketones is 1. The fourth-order valence-corrected chi connectivity index (χ4v) is 3.53. The van der Waals surface area contributed by atoms with Crippen LogP contribution in [0, 0.1) is 6.92 Å². The summed E-state index contributed by atoms with van der Waals surface area (Å²) in [5, 5.41) is 2.85. The number of nitrogen functional groups attached to an aromatic ring is 1. The Morgan fingerprint density at radius 2 is 1.66 bits per heavy atom. The highest BCUT2D eigenvalue weighted by molar-refractivity contribution is 9.10. The molecule has 0 fully saturated rings. The van der Waals surface area contributed by atoms with Crippen LogP contribution in [-0.4, -0.2) is 16.1 Å². The van der Waals surface area contributed by atoms with Crippen LogP contribution in [0.25, 0.3) is 5.52 Å². The summed E-state index contributed by atoms with van der Waals surface area (Å²) in [7, 11) is 0. The van der Waals surface area contributed by atoms with E-state index in [1.54, 1.807) is 47.0 Å². The molecule has 0 atom stereocenters. The summed E-state index contributed by atoms with van der Waals surface area (Å²) in [5.41, 5.74) is 9.88. The van der Waals surface area contributed by atoms with Gasteiger partial charge in [-0.3, -0.25) is 9.59 Å². The van der Waals surface area contributed by atoms with Crippen molar-refractivity contribution >= 4 is 44.5 Å². The third kappa shape index (κ3) is 3.54. The number of hydrogen-bond acceptors (Lipinski definition) is 3. The predicted molar refractivity (Wildman–Crippen MR) is 119 cm³/mol. The van der Waals surface area contributed by atoms with Crippen LogP contribution in [0.1, 0.15) is 32.0 Å². The fourth-order valence-electron chi connectivity index (χ4n) is 3.27. The zero-order valence-electron chi connectivity index (χ0n) is 15.6. The van der Waals surface area contributed by atoms with Crippen molar-refractivity contribution in [3.05, 3.63) is 99.8 Å². The molecule has 29 heavy (non-hydrogen) atoms. The number of halogens is 1. The van der Waals surface area contributed by atoms with Crippen LogP contribution in [-0.2, 0) is 0 Å². The van der Waals surface area contributed by atoms with Crippen molar-refractivity contribution in [2.24, 2.45) is 0 Å². The average Bonchev–Trinajstić information content (AvgIpc) is 3.01. The Morgan fingerprint density at radius 1 is 0.966 bits per heavy atom. The molecule has 0 bridgehead atoms. The van der Waals surface area contributed by atoms with E-state index < -0.39 is 0 Å². The van der Waals surface area contributed by atoms with Crippen LogP contribution in [0.5, 0.6) is 0 Å². The first-order valence-corrected chi connectivity index (χ1v) is 9.82. The molecule has 0 aliphatic heterocycles. The number of carbonyl (C=O) groups is 2. The van der Waals surface area contributed by atoms with E-state index in [1.807, 2.05) is 37.3 Å². The Bertz CT molecular complexity index is 1230. The number of aromatic nitrogens is 1. The Morgan fingerprint density at radius 3 is 2.34 bits per heavy atom. The van der Waals surface area contributed by atoms with Crippen molar-refractivity contribution in [2.45, 2.75) is 6.92 Å². The zero-order valence-corrected chi connectivity index (χ0v) is 17.2. The molecule has 2 heterocycles. The van der Waals surface area contributed by atoms with Crippen LogP contribution < -0.4 is 11.1 Å². The molecule has 0 aliphatic rings. The molecule has 5 nitrogen and oxygen atoms in total. The minimum Gasteiger partial charge on any atom is -0.396 e. The van der Waals surface area contributed by atoms with E-state index in [1.165, 1.54) is 0 Å². The smallest absolute Gasteiger partial charge is 0.259 e. The molecule has 0 saturated heterocycles. The minimum absolute atomic E-state index is 0.163. The van der Waals surface area contributed by atoms with Gasteiger partial charge in [0.25, 0.3) is 5.91 Å². The minimum atomic E-state index is -0.364. The molecule has 2 aromatic carbocycles. The monoisotopic (exact) mass is 447 g/mol. The summed E-state index contributed by atoms with van der Waals surface area (Å²) in [6.45, 7) is 1.96. The van der Waals surface area contributed by atoms with Crippen LogP contribution in [0.15, 0.2) is 77.4 Å². The number of nitrogens with zero attached hydrogens (tertiary/aromatic N) is 1. The molecule has 4 aromatic rings. The Hall–Kier alpha value is -3.38. The summed E-state index contributed by atoms with van der Waals surface area (Å²) in [5.74, 6) is -0.595. The van der Waals surface area contributed by atoms with Crippen molar-refractivity contribution in [3.63, 3.8) is 0 Å². The second-order valence-corrected chi connectivity index (χ2v) is 7.67. The van der Waals surface area contributed by atoms with Crippen molar-refractivity contribution < 1.29 is 9.59 Å². The van der Waals surface area contributed by atoms with Gasteiger partial charge >= 0.3 is 0 Å². The number of benzene rings is 2. The number of nitrogens with one attached hydrogen (secondary N) is 1. The van der Waals surface area contributed by atoms with E-state index >= 15 is 0 Å². The zero-order chi connectivity index (χ0) is 20.5. The molecular weight excluding hydrogens is 430 g/mol. The van der Waals surface area contributed by atoms with Gasteiger partial charge in [0.1, 0.15) is 5.69 Å². The fraction of sp³-hybridized carbons (Fsp3) is 0.0435. The van der Waals surface area contributed by atoms with Gasteiger partial charge in [-0.05, 0) is 43.3 Å². The van der Waals surface area contributed by atoms with Crippen molar-refractivity contribution in [1.29, 1.82) is 0 Å². The highest BCUT2D eigenvalue weighted by Gasteiger charge is 2.26. The summed E-state index contributed by atoms with van der Waals surface area (Å²) >= 11 is 3.37. The van der Waals surface area contributed by atoms with E-state index in [2.05, 4.69) is 21.2 Å². The number of anilines is 2. The van der Waals surface area contributed by atoms with Gasteiger partial charge in [-0.1, -0.05) is 51.8 Å². The lowest BCUT2D eigenvalue weighted by atomic mass is 10.0. The van der Waals surface area contributed by atoms with Crippen molar-refractivity contribution in [3.8, 4) is 0 Å². The molecule has 0 spiro atoms. The van der Waals surface area contributed by atoms with Crippen LogP contribution in [0.2, 0.25) is 0 Å². The number of nitrogens with two attached hydrogens (primary N) is 1. The van der Waals surface area contributed by atoms with Crippen LogP contribution in [0.4, 0.5) is 11.4 Å². The molecule has 1 amide bonds. The summed E-state index contributed by atoms with van der Waals surface area (Å²) in [4.78, 5) is 26.2. The summed E-state index contributed by atoms with van der Waals surface area (Å²) < 4.78 is 2.59. The van der Waals surface area contributed by atoms with Crippen LogP contribution >= 0.6 is 15.9 Å². The van der Waals surface area contributed by atoms with E-state index in [0.717, 1.165) is 10.0 Å². The third-order valence-electron chi connectivity index (χ3n) is 4.74. The lowest BCUT2D eigenvalue weighted by Gasteiger charge is -2.06. The third-order valence-corrected chi connectivity index (χ3v) is 5.27. The summed E-state index contributed by atoms with van der Waals surface area (Å²) in [6, 6.07) is 19.9. The topological polar surface area (TPSA) is 76.6 Å². The maximum atomic E-state index is 13.2. The van der Waals surface area contributed by atoms with Gasteiger partial charge in [0.2, 0.25) is 5.78 Å². The Kier molecular flexibility index (Phi) is 4.94. The van der Waals surface area contributed by atoms with Gasteiger partial charge in [-0.25, -0.2) is 0 Å². The average molecular weight is 448 g/mol. The number of hydrogen-bond donors (Lipinski definition) is 2. The second kappa shape index (κ2) is 7.56. The normalized spacial score (nSPS) is 10.8. The summed E-state index contributed by atoms with van der Waals surface area (Å²) in [6.07, 6.45) is 1.74. The predicted octanol–water partition coefficient (Wildman–Crippen LogP) is 5.08. The standard InChI is InChI=1S/C23H18BrN3O2/c1-14-5-7-15(8-6-14)22(28)21-20(25)19(18-4-2-3-13-27(18)21)23(29)26-17-11-9-16(24)10-12-17/h2-13H,25H2,1H3,(H,26,29). The van der Waals surface area contributed by atoms with Crippen molar-refractivity contribution in [2.75, 3.05) is 11.1 Å². The SMILES string of the molecule is Cc1ccc(C(=O)c2c(N)c(C(=O)Nc3ccc(Br)cc3)c3ccccn23)cc1. The first-order valence-electron chi connectivity index (χ1n) is 9.02. The maximum Gasteiger partial charge on any atom is 0.259 e. The second-order valence-electron chi connectivity index (χ2n) is 6.75. The quantitative estimate of drug-likeness (QED) is 0.428. The molecule has 0 radical (unpaired) electrons. The molecule has 144 valence electrons. The highest BCUT2D eigenvalue weighted by Crippen LogP contribution is 2.29. The number of rotatable bonds is 4. The van der Waals surface area contributed by atoms with Crippen molar-refractivity contribution in [1.82, 2.24) is 4.40 Å². The first-order chi connectivity index (χ1) is 14.0. The van der Waals surface area contributed by atoms with Gasteiger partial charge in [0.05, 0.1) is 16.8 Å². The largest absolute Gasteiger partial charge is 0.396 e. The lowest BCUT2D eigenvalue weighted by molar-refractivity contribution is 0.102. The van der Waals surface area contributed by atoms with Crippen LogP contribution in [0.3, 0.4) is 0 Å². The Balaban J connectivity index is 1.80. The number of pyridine rings is 1. The highest BCUT2D eigenvalue weighted by atomic mass is 79.9. The number of aryl methyl sites for hydroxylation is 1. The molecule has 0 unspecified atom stereocenters. The van der Waals surface area contributed by atoms with Gasteiger partial charge < -0.3 is 15.5 Å². The Labute approximate surface area is 176 Å². The maximum absolute atomic E-state index is 13.2. The van der Waals surface area contributed by atoms with E-state index in [4.69, 9.17) is 5.73 Å². The molecule has 6 heteroatoms.